The van der Waals surface area contributed by atoms with E-state index >= 15 is 0 Å². The minimum Gasteiger partial charge on any atom is -0.611 e. The molecule has 0 aliphatic carbocycles. The molecule has 0 saturated carbocycles. The maximum absolute atomic E-state index is 7.13. The molecule has 0 unspecified atom stereocenters. The van der Waals surface area contributed by atoms with Crippen molar-refractivity contribution >= 4 is 14.8 Å². The Morgan fingerprint density at radius 3 is 0.929 bits per heavy atom. The maximum atomic E-state index is 7.13. The van der Waals surface area contributed by atoms with E-state index < -0.39 is 14.8 Å². The second kappa shape index (κ2) is 13.4. The quantitative estimate of drug-likeness (QED) is 0.155. The summed E-state index contributed by atoms with van der Waals surface area (Å²) in [7, 11) is 0. The summed E-state index contributed by atoms with van der Waals surface area (Å²) < 4.78 is 14.3. The van der Waals surface area contributed by atoms with Gasteiger partial charge in [-0.15, -0.1) is 0 Å². The molecule has 0 bridgehead atoms. The maximum Gasteiger partial charge on any atom is 0.856 e. The van der Waals surface area contributed by atoms with Gasteiger partial charge in [0.15, 0.2) is 0 Å². The van der Waals surface area contributed by atoms with Crippen LogP contribution in [0.5, 0.6) is 11.5 Å². The van der Waals surface area contributed by atoms with Gasteiger partial charge in [0.05, 0.1) is 11.5 Å². The van der Waals surface area contributed by atoms with Gasteiger partial charge < -0.3 is 7.58 Å². The van der Waals surface area contributed by atoms with E-state index in [0.717, 1.165) is 67.7 Å². The van der Waals surface area contributed by atoms with Crippen LogP contribution in [-0.2, 0) is 0 Å². The van der Waals surface area contributed by atoms with Crippen molar-refractivity contribution in [2.45, 2.75) is 18.6 Å². The molecule has 0 aliphatic heterocycles. The summed E-state index contributed by atoms with van der Waals surface area (Å²) in [6.45, 7) is 2.20. The van der Waals surface area contributed by atoms with Crippen LogP contribution < -0.4 is 7.58 Å². The average molecular weight is 561 g/mol. The zero-order valence-corrected chi connectivity index (χ0v) is 25.0. The van der Waals surface area contributed by atoms with Crippen LogP contribution in [0.3, 0.4) is 0 Å². The lowest BCUT2D eigenvalue weighted by Gasteiger charge is -2.24. The molecule has 42 heavy (non-hydrogen) atoms. The molecule has 0 saturated heterocycles. The molecule has 0 aromatic heterocycles. The highest BCUT2D eigenvalue weighted by atomic mass is 27.2. The van der Waals surface area contributed by atoms with E-state index in [-0.39, 0.29) is 0 Å². The minimum absolute atomic E-state index is 0.870. The Labute approximate surface area is 253 Å². The predicted molar refractivity (Wildman–Crippen MR) is 177 cm³/mol. The summed E-state index contributed by atoms with van der Waals surface area (Å²) >= 11 is -2.29. The van der Waals surface area contributed by atoms with Crippen LogP contribution in [-0.4, -0.2) is 14.8 Å². The molecule has 0 N–H and O–H groups in total. The number of para-hydroxylation sites is 2. The van der Waals surface area contributed by atoms with Gasteiger partial charge in [-0.2, -0.15) is 0 Å². The van der Waals surface area contributed by atoms with E-state index in [1.54, 1.807) is 0 Å². The molecular formula is C39H33AlO2. The molecule has 6 rings (SSSR count). The first-order valence-electron chi connectivity index (χ1n) is 14.6. The highest BCUT2D eigenvalue weighted by molar-refractivity contribution is 6.46. The molecule has 0 amide bonds. The van der Waals surface area contributed by atoms with Crippen LogP contribution in [0.15, 0.2) is 158 Å². The number of hydrogen-bond acceptors (Lipinski definition) is 2. The van der Waals surface area contributed by atoms with Crippen LogP contribution in [0.25, 0.3) is 44.5 Å². The van der Waals surface area contributed by atoms with E-state index in [1.807, 2.05) is 0 Å². The molecule has 0 aliphatic rings. The van der Waals surface area contributed by atoms with E-state index in [0.29, 0.717) is 0 Å². The lowest BCUT2D eigenvalue weighted by Crippen LogP contribution is -2.30. The lowest BCUT2D eigenvalue weighted by atomic mass is 9.97. The van der Waals surface area contributed by atoms with Crippen molar-refractivity contribution in [1.29, 1.82) is 0 Å². The van der Waals surface area contributed by atoms with Gasteiger partial charge in [-0.1, -0.05) is 171 Å². The van der Waals surface area contributed by atoms with Crippen molar-refractivity contribution in [3.63, 3.8) is 0 Å². The first-order valence-corrected chi connectivity index (χ1v) is 16.4. The molecule has 0 heterocycles. The van der Waals surface area contributed by atoms with Crippen LogP contribution in [0, 0.1) is 0 Å². The fraction of sp³-hybridized carbons (Fsp3) is 0.0769. The van der Waals surface area contributed by atoms with Gasteiger partial charge in [0.25, 0.3) is 0 Å². The first-order chi connectivity index (χ1) is 20.8. The van der Waals surface area contributed by atoms with Gasteiger partial charge in [-0.05, 0) is 27.5 Å². The summed E-state index contributed by atoms with van der Waals surface area (Å²) in [5.74, 6) is 1.77. The van der Waals surface area contributed by atoms with Gasteiger partial charge in [-0.3, -0.25) is 0 Å². The molecular weight excluding hydrogens is 527 g/mol. The van der Waals surface area contributed by atoms with Gasteiger partial charge in [0.1, 0.15) is 0 Å². The van der Waals surface area contributed by atoms with Crippen molar-refractivity contribution in [3.8, 4) is 56.0 Å². The number of benzene rings is 6. The Morgan fingerprint density at radius 1 is 0.381 bits per heavy atom. The third-order valence-electron chi connectivity index (χ3n) is 7.39. The number of hydrogen-bond donors (Lipinski definition) is 0. The summed E-state index contributed by atoms with van der Waals surface area (Å²) in [6, 6.07) is 54.8. The molecule has 2 nitrogen and oxygen atoms in total. The molecule has 0 atom stereocenters. The average Bonchev–Trinajstić information content (AvgIpc) is 3.06. The van der Waals surface area contributed by atoms with Gasteiger partial charge in [0, 0.05) is 22.3 Å². The predicted octanol–water partition coefficient (Wildman–Crippen LogP) is 10.7. The van der Waals surface area contributed by atoms with Crippen LogP contribution in [0.2, 0.25) is 5.28 Å². The summed E-state index contributed by atoms with van der Waals surface area (Å²) in [5.41, 5.74) is 8.83. The molecule has 204 valence electrons. The highest BCUT2D eigenvalue weighted by Crippen LogP contribution is 2.42. The smallest absolute Gasteiger partial charge is 0.611 e. The fourth-order valence-corrected chi connectivity index (χ4v) is 7.14. The van der Waals surface area contributed by atoms with Crippen molar-refractivity contribution in [3.05, 3.63) is 158 Å². The number of rotatable bonds is 10. The molecule has 3 heteroatoms. The Balaban J connectivity index is 1.48. The van der Waals surface area contributed by atoms with Crippen LogP contribution in [0.1, 0.15) is 13.3 Å². The SMILES string of the molecule is CC[CH2][Al]([O]c1c(-c2ccccc2)cccc1-c1ccccc1)[O]c1c(-c2ccccc2)cccc1-c1ccccc1. The van der Waals surface area contributed by atoms with Crippen molar-refractivity contribution < 1.29 is 7.58 Å². The Morgan fingerprint density at radius 2 is 0.667 bits per heavy atom. The van der Waals surface area contributed by atoms with Crippen molar-refractivity contribution in [2.24, 2.45) is 0 Å². The Bertz CT molecular complexity index is 1480. The van der Waals surface area contributed by atoms with Gasteiger partial charge in [0.2, 0.25) is 0 Å². The van der Waals surface area contributed by atoms with Crippen LogP contribution >= 0.6 is 0 Å². The van der Waals surface area contributed by atoms with Crippen molar-refractivity contribution in [2.75, 3.05) is 0 Å². The largest absolute Gasteiger partial charge is 0.856 e. The normalized spacial score (nSPS) is 10.7. The topological polar surface area (TPSA) is 18.5 Å². The highest BCUT2D eigenvalue weighted by Gasteiger charge is 2.35. The minimum atomic E-state index is -2.29. The first kappa shape index (κ1) is 27.6. The zero-order chi connectivity index (χ0) is 28.6. The monoisotopic (exact) mass is 560 g/mol. The summed E-state index contributed by atoms with van der Waals surface area (Å²) in [5, 5.41) is 0.870. The summed E-state index contributed by atoms with van der Waals surface area (Å²) in [4.78, 5) is 0. The summed E-state index contributed by atoms with van der Waals surface area (Å²) in [6.07, 6.45) is 0.971. The molecule has 6 aromatic carbocycles. The molecule has 0 radical (unpaired) electrons. The second-order valence-corrected chi connectivity index (χ2v) is 12.2. The third-order valence-corrected chi connectivity index (χ3v) is 9.44. The van der Waals surface area contributed by atoms with Gasteiger partial charge in [-0.25, -0.2) is 0 Å². The Kier molecular flexibility index (Phi) is 8.82. The van der Waals surface area contributed by atoms with E-state index in [1.165, 1.54) is 0 Å². The second-order valence-electron chi connectivity index (χ2n) is 10.3. The molecule has 0 fully saturated rings. The third kappa shape index (κ3) is 6.19. The molecule has 6 aromatic rings. The van der Waals surface area contributed by atoms with Crippen molar-refractivity contribution in [1.82, 2.24) is 0 Å². The Hall–Kier alpha value is -4.55. The lowest BCUT2D eigenvalue weighted by molar-refractivity contribution is 0.423. The van der Waals surface area contributed by atoms with E-state index in [9.17, 15) is 0 Å². The standard InChI is InChI=1S/2C18H14O.C3H7.Al/c2*19-18-16(14-8-3-1-4-9-14)12-7-13-17(18)15-10-5-2-6-11-15;1-3-2;/h2*1-13,19H;1,3H2,2H3;/q;;;+2/p-2. The van der Waals surface area contributed by atoms with E-state index in [2.05, 4.69) is 165 Å². The van der Waals surface area contributed by atoms with Crippen LogP contribution in [0.4, 0.5) is 0 Å². The zero-order valence-electron chi connectivity index (χ0n) is 23.8. The molecule has 0 spiro atoms. The van der Waals surface area contributed by atoms with E-state index in [4.69, 9.17) is 7.58 Å². The van der Waals surface area contributed by atoms with Gasteiger partial charge >= 0.3 is 14.8 Å². The fourth-order valence-electron chi connectivity index (χ4n) is 5.35.